The molecule has 1 aliphatic carbocycles. The molecule has 2 aliphatic rings. The molecule has 1 aromatic heterocycles. The second kappa shape index (κ2) is 13.6. The number of fused-ring (bicyclic) bond motifs is 1. The lowest BCUT2D eigenvalue weighted by molar-refractivity contribution is -0.142. The third-order valence-corrected chi connectivity index (χ3v) is 8.84. The van der Waals surface area contributed by atoms with Crippen LogP contribution in [0.25, 0.3) is 11.0 Å². The lowest BCUT2D eigenvalue weighted by Crippen LogP contribution is -2.47. The van der Waals surface area contributed by atoms with E-state index in [-0.39, 0.29) is 54.8 Å². The number of nitrogens with two attached hydrogens (primary N) is 1. The molecular formula is C33H39FN2O6. The number of carbonyl (C=O) groups excluding carboxylic acids is 3. The van der Waals surface area contributed by atoms with Crippen LogP contribution in [0.2, 0.25) is 0 Å². The summed E-state index contributed by atoms with van der Waals surface area (Å²) in [6.45, 7) is -0.0131. The van der Waals surface area contributed by atoms with Gasteiger partial charge >= 0.3 is 5.97 Å². The van der Waals surface area contributed by atoms with Gasteiger partial charge in [-0.05, 0) is 67.3 Å². The van der Waals surface area contributed by atoms with Crippen LogP contribution in [-0.4, -0.2) is 66.2 Å². The van der Waals surface area contributed by atoms with Gasteiger partial charge in [0, 0.05) is 49.3 Å². The second-order valence-corrected chi connectivity index (χ2v) is 11.6. The number of hydrogen-bond acceptors (Lipinski definition) is 7. The maximum atomic E-state index is 14.0. The highest BCUT2D eigenvalue weighted by Gasteiger charge is 2.44. The van der Waals surface area contributed by atoms with Gasteiger partial charge in [-0.1, -0.05) is 36.4 Å². The summed E-state index contributed by atoms with van der Waals surface area (Å²) in [5, 5.41) is 9.57. The lowest BCUT2D eigenvalue weighted by Gasteiger charge is -2.35. The molecule has 1 amide bonds. The molecule has 1 saturated carbocycles. The summed E-state index contributed by atoms with van der Waals surface area (Å²) in [6, 6.07) is 15.8. The molecule has 3 N–H and O–H groups in total. The number of esters is 1. The van der Waals surface area contributed by atoms with E-state index in [1.807, 2.05) is 36.4 Å². The summed E-state index contributed by atoms with van der Waals surface area (Å²) in [6.07, 6.45) is 3.94. The van der Waals surface area contributed by atoms with E-state index in [1.165, 1.54) is 0 Å². The van der Waals surface area contributed by atoms with E-state index >= 15 is 0 Å². The highest BCUT2D eigenvalue weighted by Crippen LogP contribution is 2.38. The van der Waals surface area contributed by atoms with Crippen molar-refractivity contribution in [2.45, 2.75) is 62.9 Å². The molecule has 0 unspecified atom stereocenters. The van der Waals surface area contributed by atoms with Crippen molar-refractivity contribution in [3.63, 3.8) is 0 Å². The Labute approximate surface area is 245 Å². The highest BCUT2D eigenvalue weighted by atomic mass is 19.1. The number of alkyl halides is 1. The molecule has 2 fully saturated rings. The SMILES string of the molecule is N[C@H](CF)C1CCC(C(=O)N2CC[C@H](c3ccccc3)[C@H]2C(=O)Cc2ccc3oc(C(=O)OCCCO)cc3c2)CC1. The topological polar surface area (TPSA) is 123 Å². The summed E-state index contributed by atoms with van der Waals surface area (Å²) in [5.41, 5.74) is 8.24. The number of nitrogens with zero attached hydrogens (tertiary/aromatic N) is 1. The van der Waals surface area contributed by atoms with E-state index in [2.05, 4.69) is 0 Å². The number of aliphatic hydroxyl groups excluding tert-OH is 1. The van der Waals surface area contributed by atoms with Gasteiger partial charge in [-0.2, -0.15) is 0 Å². The molecule has 0 radical (unpaired) electrons. The number of rotatable bonds is 11. The number of amides is 1. The Balaban J connectivity index is 1.33. The van der Waals surface area contributed by atoms with Gasteiger partial charge < -0.3 is 24.9 Å². The third-order valence-electron chi connectivity index (χ3n) is 8.84. The maximum absolute atomic E-state index is 14.0. The van der Waals surface area contributed by atoms with Gasteiger partial charge in [-0.3, -0.25) is 9.59 Å². The summed E-state index contributed by atoms with van der Waals surface area (Å²) >= 11 is 0. The second-order valence-electron chi connectivity index (χ2n) is 11.6. The van der Waals surface area contributed by atoms with Crippen molar-refractivity contribution in [1.29, 1.82) is 0 Å². The van der Waals surface area contributed by atoms with E-state index in [0.717, 1.165) is 24.0 Å². The molecule has 3 atom stereocenters. The molecule has 42 heavy (non-hydrogen) atoms. The van der Waals surface area contributed by atoms with E-state index in [0.29, 0.717) is 43.2 Å². The molecule has 2 heterocycles. The van der Waals surface area contributed by atoms with Gasteiger partial charge in [0.25, 0.3) is 0 Å². The fourth-order valence-corrected chi connectivity index (χ4v) is 6.55. The molecule has 3 aromatic rings. The van der Waals surface area contributed by atoms with Crippen LogP contribution in [0.3, 0.4) is 0 Å². The Morgan fingerprint density at radius 1 is 1.05 bits per heavy atom. The predicted molar refractivity (Wildman–Crippen MR) is 156 cm³/mol. The summed E-state index contributed by atoms with van der Waals surface area (Å²) < 4.78 is 23.9. The zero-order valence-corrected chi connectivity index (χ0v) is 23.8. The first-order valence-electron chi connectivity index (χ1n) is 14.9. The number of likely N-dealkylation sites (tertiary alicyclic amines) is 1. The molecular weight excluding hydrogens is 539 g/mol. The third kappa shape index (κ3) is 6.57. The Morgan fingerprint density at radius 3 is 2.52 bits per heavy atom. The van der Waals surface area contributed by atoms with E-state index in [9.17, 15) is 18.8 Å². The van der Waals surface area contributed by atoms with Crippen LogP contribution in [0.15, 0.2) is 59.0 Å². The van der Waals surface area contributed by atoms with Crippen LogP contribution in [0.4, 0.5) is 4.39 Å². The average Bonchev–Trinajstić information content (AvgIpc) is 3.66. The molecule has 0 bridgehead atoms. The minimum absolute atomic E-state index is 0.00805. The van der Waals surface area contributed by atoms with E-state index in [4.69, 9.17) is 20.0 Å². The van der Waals surface area contributed by atoms with Gasteiger partial charge in [-0.25, -0.2) is 9.18 Å². The molecule has 1 aliphatic heterocycles. The number of hydrogen-bond donors (Lipinski definition) is 2. The maximum Gasteiger partial charge on any atom is 0.374 e. The number of furan rings is 1. The quantitative estimate of drug-likeness (QED) is 0.252. The first-order chi connectivity index (χ1) is 20.4. The molecule has 2 aromatic carbocycles. The van der Waals surface area contributed by atoms with Crippen molar-refractivity contribution in [2.75, 3.05) is 26.4 Å². The summed E-state index contributed by atoms with van der Waals surface area (Å²) in [7, 11) is 0. The monoisotopic (exact) mass is 578 g/mol. The van der Waals surface area contributed by atoms with Gasteiger partial charge in [0.1, 0.15) is 12.3 Å². The minimum Gasteiger partial charge on any atom is -0.460 e. The van der Waals surface area contributed by atoms with Crippen LogP contribution in [-0.2, 0) is 20.7 Å². The number of ether oxygens (including phenoxy) is 1. The zero-order chi connectivity index (χ0) is 29.6. The van der Waals surface area contributed by atoms with Crippen molar-refractivity contribution in [3.05, 3.63) is 71.5 Å². The van der Waals surface area contributed by atoms with Crippen molar-refractivity contribution >= 4 is 28.6 Å². The Morgan fingerprint density at radius 2 is 1.81 bits per heavy atom. The average molecular weight is 579 g/mol. The van der Waals surface area contributed by atoms with Gasteiger partial charge in [0.15, 0.2) is 5.78 Å². The summed E-state index contributed by atoms with van der Waals surface area (Å²) in [4.78, 5) is 41.9. The van der Waals surface area contributed by atoms with Crippen LogP contribution >= 0.6 is 0 Å². The lowest BCUT2D eigenvalue weighted by atomic mass is 9.78. The first kappa shape index (κ1) is 29.9. The molecule has 5 rings (SSSR count). The molecule has 0 spiro atoms. The van der Waals surface area contributed by atoms with Crippen molar-refractivity contribution < 1.29 is 33.0 Å². The minimum atomic E-state index is -0.608. The molecule has 9 heteroatoms. The fourth-order valence-electron chi connectivity index (χ4n) is 6.55. The number of halogens is 1. The standard InChI is InChI=1S/C33H39FN2O6/c34-20-27(35)23-8-10-24(11-9-23)32(39)36-14-13-26(22-5-2-1-3-6-22)31(36)28(38)18-21-7-12-29-25(17-21)19-30(42-29)33(40)41-16-4-15-37/h1-3,5-7,12,17,19,23-24,26-27,31,37H,4,8-11,13-16,18,20,35H2/t23?,24?,26-,27-,31+/m1/s1. The first-order valence-corrected chi connectivity index (χ1v) is 14.9. The van der Waals surface area contributed by atoms with Crippen LogP contribution in [0.1, 0.15) is 66.1 Å². The molecule has 224 valence electrons. The smallest absolute Gasteiger partial charge is 0.374 e. The predicted octanol–water partition coefficient (Wildman–Crippen LogP) is 4.57. The number of aliphatic hydroxyl groups is 1. The zero-order valence-electron chi connectivity index (χ0n) is 23.8. The fraction of sp³-hybridized carbons (Fsp3) is 0.485. The highest BCUT2D eigenvalue weighted by molar-refractivity contribution is 5.95. The van der Waals surface area contributed by atoms with Crippen molar-refractivity contribution in [2.24, 2.45) is 17.6 Å². The van der Waals surface area contributed by atoms with Crippen molar-refractivity contribution in [1.82, 2.24) is 4.90 Å². The number of Topliss-reactive ketones (excluding diaryl/α,β-unsaturated/α-hetero) is 1. The van der Waals surface area contributed by atoms with Crippen LogP contribution in [0, 0.1) is 11.8 Å². The van der Waals surface area contributed by atoms with Gasteiger partial charge in [0.05, 0.1) is 12.6 Å². The van der Waals surface area contributed by atoms with Crippen LogP contribution in [0.5, 0.6) is 0 Å². The van der Waals surface area contributed by atoms with Gasteiger partial charge in [-0.15, -0.1) is 0 Å². The van der Waals surface area contributed by atoms with E-state index < -0.39 is 24.7 Å². The normalized spacial score (nSPS) is 23.2. The van der Waals surface area contributed by atoms with Crippen molar-refractivity contribution in [3.8, 4) is 0 Å². The number of ketones is 1. The van der Waals surface area contributed by atoms with E-state index in [1.54, 1.807) is 23.1 Å². The Kier molecular flexibility index (Phi) is 9.69. The number of benzene rings is 2. The number of carbonyl (C=O) groups is 3. The summed E-state index contributed by atoms with van der Waals surface area (Å²) in [5.74, 6) is -0.766. The van der Waals surface area contributed by atoms with Gasteiger partial charge in [0.2, 0.25) is 11.7 Å². The Hall–Kier alpha value is -3.56. The largest absolute Gasteiger partial charge is 0.460 e. The Bertz CT molecular complexity index is 1380. The molecule has 8 nitrogen and oxygen atoms in total. The molecule has 1 saturated heterocycles. The van der Waals surface area contributed by atoms with Crippen LogP contribution < -0.4 is 5.73 Å².